The number of Topliss-reactive ketones (excluding diaryl/α,β-unsaturated/α-hetero) is 1. The molecule has 0 saturated heterocycles. The molecule has 14 heteroatoms. The third-order valence-corrected chi connectivity index (χ3v) is 6.75. The molecule has 0 saturated carbocycles. The molecule has 0 fully saturated rings. The van der Waals surface area contributed by atoms with Gasteiger partial charge in [-0.15, -0.1) is 13.2 Å². The van der Waals surface area contributed by atoms with E-state index in [0.717, 1.165) is 16.3 Å². The molecule has 0 aromatic heterocycles. The Balaban J connectivity index is 2.23. The first-order valence-corrected chi connectivity index (χ1v) is 14.9. The van der Waals surface area contributed by atoms with Crippen LogP contribution in [-0.4, -0.2) is 91.2 Å². The Morgan fingerprint density at radius 2 is 1.36 bits per heavy atom. The molecule has 47 heavy (non-hydrogen) atoms. The van der Waals surface area contributed by atoms with Gasteiger partial charge < -0.3 is 41.6 Å². The van der Waals surface area contributed by atoms with Gasteiger partial charge >= 0.3 is 6.09 Å². The molecule has 2 aromatic carbocycles. The summed E-state index contributed by atoms with van der Waals surface area (Å²) >= 11 is 0. The highest BCUT2D eigenvalue weighted by atomic mass is 16.5. The summed E-state index contributed by atoms with van der Waals surface area (Å²) in [6, 6.07) is 7.75. The van der Waals surface area contributed by atoms with Crippen molar-refractivity contribution in [3.63, 3.8) is 0 Å². The van der Waals surface area contributed by atoms with Crippen LogP contribution < -0.4 is 27.0 Å². The molecule has 0 bridgehead atoms. The van der Waals surface area contributed by atoms with Crippen LogP contribution in [0.2, 0.25) is 0 Å². The van der Waals surface area contributed by atoms with E-state index in [1.165, 1.54) is 12.2 Å². The lowest BCUT2D eigenvalue weighted by molar-refractivity contribution is -0.143. The first kappa shape index (κ1) is 38.1. The van der Waals surface area contributed by atoms with Crippen LogP contribution in [0, 0.1) is 5.92 Å². The predicted molar refractivity (Wildman–Crippen MR) is 174 cm³/mol. The van der Waals surface area contributed by atoms with E-state index in [0.29, 0.717) is 0 Å². The van der Waals surface area contributed by atoms with Gasteiger partial charge in [-0.2, -0.15) is 0 Å². The summed E-state index contributed by atoms with van der Waals surface area (Å²) in [6.45, 7) is 9.73. The molecule has 5 amide bonds. The van der Waals surface area contributed by atoms with Gasteiger partial charge in [-0.05, 0) is 28.7 Å². The summed E-state index contributed by atoms with van der Waals surface area (Å²) < 4.78 is 10.7. The number of amides is 5. The van der Waals surface area contributed by atoms with Crippen LogP contribution in [0.1, 0.15) is 25.8 Å². The topological polar surface area (TPSA) is 215 Å². The Kier molecular flexibility index (Phi) is 15.8. The summed E-state index contributed by atoms with van der Waals surface area (Å²) in [7, 11) is 0. The van der Waals surface area contributed by atoms with E-state index in [4.69, 9.17) is 20.3 Å². The van der Waals surface area contributed by atoms with Crippen LogP contribution >= 0.6 is 0 Å². The number of hydrogen-bond donors (Lipinski definition) is 6. The fraction of sp³-hybridized carbons (Fsp3) is 0.394. The Bertz CT molecular complexity index is 1440. The maximum atomic E-state index is 13.3. The lowest BCUT2D eigenvalue weighted by Gasteiger charge is -2.24. The van der Waals surface area contributed by atoms with Gasteiger partial charge in [0.2, 0.25) is 23.5 Å². The molecule has 0 radical (unpaired) electrons. The van der Waals surface area contributed by atoms with Crippen LogP contribution in [0.3, 0.4) is 0 Å². The molecular weight excluding hydrogens is 610 g/mol. The standard InChI is InChI=1S/C33H43N5O9/c1-5-13-46-18-26(36-30(41)25(15-20(3)4)38-33(44)45)28(39)32(43)37-27(19-47-14-6-2)31(42)35-24(29(34)40)17-21-11-12-22-9-7-8-10-23(22)16-21/h5-12,16,20,24-27,38H,1-2,13-15,17-19H2,3-4H3,(H2,34,40)(H,35,42)(H,36,41)(H,37,43)(H,44,45)/t24?,25-,26?,27?/m0/s1. The molecule has 0 aliphatic carbocycles. The molecule has 3 unspecified atom stereocenters. The fourth-order valence-corrected chi connectivity index (χ4v) is 4.51. The van der Waals surface area contributed by atoms with Crippen molar-refractivity contribution in [3.8, 4) is 0 Å². The summed E-state index contributed by atoms with van der Waals surface area (Å²) in [5.41, 5.74) is 6.32. The molecule has 2 rings (SSSR count). The molecule has 0 spiro atoms. The van der Waals surface area contributed by atoms with Crippen molar-refractivity contribution < 1.29 is 43.3 Å². The second kappa shape index (κ2) is 19.4. The van der Waals surface area contributed by atoms with Crippen molar-refractivity contribution in [2.75, 3.05) is 26.4 Å². The first-order chi connectivity index (χ1) is 22.4. The third-order valence-electron chi connectivity index (χ3n) is 6.75. The molecule has 4 atom stereocenters. The zero-order valence-corrected chi connectivity index (χ0v) is 26.5. The van der Waals surface area contributed by atoms with E-state index >= 15 is 0 Å². The van der Waals surface area contributed by atoms with E-state index in [2.05, 4.69) is 34.4 Å². The van der Waals surface area contributed by atoms with Crippen molar-refractivity contribution in [2.45, 2.75) is 50.9 Å². The molecule has 14 nitrogen and oxygen atoms in total. The Labute approximate surface area is 273 Å². The predicted octanol–water partition coefficient (Wildman–Crippen LogP) is 0.979. The SMILES string of the molecule is C=CCOCC(NC(=O)C(=O)C(COCC=C)NC(=O)[C@H](CC(C)C)NC(=O)O)C(=O)NC(Cc1ccc2ccccc2c1)C(N)=O. The highest BCUT2D eigenvalue weighted by Gasteiger charge is 2.34. The van der Waals surface area contributed by atoms with Crippen molar-refractivity contribution in [2.24, 2.45) is 11.7 Å². The molecule has 2 aromatic rings. The second-order valence-electron chi connectivity index (χ2n) is 11.1. The average molecular weight is 654 g/mol. The van der Waals surface area contributed by atoms with Crippen molar-refractivity contribution in [3.05, 3.63) is 73.3 Å². The van der Waals surface area contributed by atoms with E-state index < -0.39 is 72.9 Å². The van der Waals surface area contributed by atoms with Crippen LogP contribution in [0.4, 0.5) is 4.79 Å². The Morgan fingerprint density at radius 3 is 1.94 bits per heavy atom. The van der Waals surface area contributed by atoms with Gasteiger partial charge in [0.1, 0.15) is 24.2 Å². The maximum Gasteiger partial charge on any atom is 0.405 e. The average Bonchev–Trinajstić information content (AvgIpc) is 3.02. The van der Waals surface area contributed by atoms with Gasteiger partial charge in [0.05, 0.1) is 26.4 Å². The second-order valence-corrected chi connectivity index (χ2v) is 11.1. The Hall–Kier alpha value is -5.08. The van der Waals surface area contributed by atoms with Gasteiger partial charge in [0.25, 0.3) is 5.91 Å². The van der Waals surface area contributed by atoms with E-state index in [1.54, 1.807) is 19.9 Å². The lowest BCUT2D eigenvalue weighted by Crippen LogP contribution is -2.59. The molecule has 7 N–H and O–H groups in total. The molecule has 254 valence electrons. The van der Waals surface area contributed by atoms with Crippen LogP contribution in [0.5, 0.6) is 0 Å². The smallest absolute Gasteiger partial charge is 0.405 e. The number of hydrogen-bond acceptors (Lipinski definition) is 8. The first-order valence-electron chi connectivity index (χ1n) is 14.9. The number of benzene rings is 2. The number of carbonyl (C=O) groups is 6. The zero-order chi connectivity index (χ0) is 34.9. The number of fused-ring (bicyclic) bond motifs is 1. The van der Waals surface area contributed by atoms with E-state index in [9.17, 15) is 28.8 Å². The maximum absolute atomic E-state index is 13.3. The molecular formula is C33H43N5O9. The normalized spacial score (nSPS) is 13.4. The largest absolute Gasteiger partial charge is 0.465 e. The van der Waals surface area contributed by atoms with Gasteiger partial charge in [-0.25, -0.2) is 4.79 Å². The zero-order valence-electron chi connectivity index (χ0n) is 26.5. The van der Waals surface area contributed by atoms with Crippen LogP contribution in [0.25, 0.3) is 10.8 Å². The lowest BCUT2D eigenvalue weighted by atomic mass is 10.0. The fourth-order valence-electron chi connectivity index (χ4n) is 4.51. The molecule has 0 aliphatic rings. The summed E-state index contributed by atoms with van der Waals surface area (Å²) in [6.07, 6.45) is 1.52. The molecule has 0 aliphatic heterocycles. The van der Waals surface area contributed by atoms with Gasteiger partial charge in [0.15, 0.2) is 0 Å². The minimum atomic E-state index is -1.54. The summed E-state index contributed by atoms with van der Waals surface area (Å²) in [5.74, 6) is -5.07. The third kappa shape index (κ3) is 13.0. The van der Waals surface area contributed by atoms with Crippen LogP contribution in [0.15, 0.2) is 67.8 Å². The van der Waals surface area contributed by atoms with Crippen molar-refractivity contribution >= 4 is 46.3 Å². The highest BCUT2D eigenvalue weighted by molar-refractivity contribution is 6.39. The van der Waals surface area contributed by atoms with Crippen molar-refractivity contribution in [1.82, 2.24) is 21.3 Å². The Morgan fingerprint density at radius 1 is 0.787 bits per heavy atom. The van der Waals surface area contributed by atoms with Gasteiger partial charge in [-0.1, -0.05) is 68.5 Å². The van der Waals surface area contributed by atoms with Gasteiger partial charge in [0, 0.05) is 6.42 Å². The summed E-state index contributed by atoms with van der Waals surface area (Å²) in [5, 5.41) is 20.4. The number of ketones is 1. The summed E-state index contributed by atoms with van der Waals surface area (Å²) in [4.78, 5) is 76.3. The van der Waals surface area contributed by atoms with Crippen molar-refractivity contribution in [1.29, 1.82) is 0 Å². The highest BCUT2D eigenvalue weighted by Crippen LogP contribution is 2.17. The van der Waals surface area contributed by atoms with E-state index in [1.807, 2.05) is 36.4 Å². The number of ether oxygens (including phenoxy) is 2. The number of carboxylic acid groups (broad SMARTS) is 1. The number of nitrogens with two attached hydrogens (primary N) is 1. The number of carbonyl (C=O) groups excluding carboxylic acids is 5. The van der Waals surface area contributed by atoms with Gasteiger partial charge in [-0.3, -0.25) is 24.0 Å². The monoisotopic (exact) mass is 653 g/mol. The minimum Gasteiger partial charge on any atom is -0.465 e. The molecule has 0 heterocycles. The van der Waals surface area contributed by atoms with Crippen LogP contribution in [-0.2, 0) is 39.9 Å². The quantitative estimate of drug-likeness (QED) is 0.0642. The minimum absolute atomic E-state index is 0.00578. The number of rotatable bonds is 21. The van der Waals surface area contributed by atoms with E-state index in [-0.39, 0.29) is 32.0 Å². The number of primary amides is 1. The number of nitrogens with one attached hydrogen (secondary N) is 4.